The number of ether oxygens (including phenoxy) is 1. The number of nitrogens with zero attached hydrogens (tertiary/aromatic N) is 1. The summed E-state index contributed by atoms with van der Waals surface area (Å²) >= 11 is 0. The van der Waals surface area contributed by atoms with Gasteiger partial charge >= 0.3 is 0 Å². The smallest absolute Gasteiger partial charge is 0.0619 e. The Morgan fingerprint density at radius 1 is 1.54 bits per heavy atom. The van der Waals surface area contributed by atoms with Crippen molar-refractivity contribution in [1.29, 1.82) is 0 Å². The normalized spacial score (nSPS) is 27.9. The molecule has 0 aliphatic carbocycles. The first-order valence-corrected chi connectivity index (χ1v) is 5.20. The Bertz CT molecular complexity index is 150. The van der Waals surface area contributed by atoms with Gasteiger partial charge in [0.05, 0.1) is 13.2 Å². The Morgan fingerprint density at radius 3 is 2.69 bits per heavy atom. The molecule has 1 heterocycles. The second-order valence-electron chi connectivity index (χ2n) is 4.21. The summed E-state index contributed by atoms with van der Waals surface area (Å²) in [6.07, 6.45) is 0. The number of nitrogens with two attached hydrogens (primary N) is 1. The molecule has 1 saturated heterocycles. The molecule has 78 valence electrons. The zero-order valence-electron chi connectivity index (χ0n) is 8.99. The van der Waals surface area contributed by atoms with Crippen molar-refractivity contribution in [2.45, 2.75) is 32.9 Å². The van der Waals surface area contributed by atoms with Gasteiger partial charge in [-0.05, 0) is 12.8 Å². The van der Waals surface area contributed by atoms with Crippen LogP contribution < -0.4 is 5.73 Å². The molecular formula is C10H22N2O. The molecule has 3 heteroatoms. The van der Waals surface area contributed by atoms with E-state index in [0.29, 0.717) is 18.0 Å². The molecule has 0 radical (unpaired) electrons. The number of morpholine rings is 1. The minimum atomic E-state index is 0.513. The van der Waals surface area contributed by atoms with Crippen LogP contribution in [0.15, 0.2) is 0 Å². The summed E-state index contributed by atoms with van der Waals surface area (Å²) in [5, 5.41) is 0. The zero-order valence-corrected chi connectivity index (χ0v) is 8.99. The fraction of sp³-hybridized carbons (Fsp3) is 1.00. The van der Waals surface area contributed by atoms with Crippen molar-refractivity contribution in [3.63, 3.8) is 0 Å². The van der Waals surface area contributed by atoms with E-state index in [2.05, 4.69) is 25.7 Å². The van der Waals surface area contributed by atoms with Gasteiger partial charge in [0.15, 0.2) is 0 Å². The van der Waals surface area contributed by atoms with Crippen molar-refractivity contribution >= 4 is 0 Å². The highest BCUT2D eigenvalue weighted by Gasteiger charge is 2.27. The van der Waals surface area contributed by atoms with E-state index in [1.165, 1.54) is 0 Å². The van der Waals surface area contributed by atoms with Crippen LogP contribution in [-0.2, 0) is 4.74 Å². The van der Waals surface area contributed by atoms with E-state index in [4.69, 9.17) is 10.5 Å². The lowest BCUT2D eigenvalue weighted by Crippen LogP contribution is -2.53. The first-order valence-electron chi connectivity index (χ1n) is 5.20. The van der Waals surface area contributed by atoms with Crippen molar-refractivity contribution in [2.24, 2.45) is 11.7 Å². The Kier molecular flexibility index (Phi) is 4.16. The first kappa shape index (κ1) is 11.0. The Balaban J connectivity index is 2.55. The van der Waals surface area contributed by atoms with E-state index in [0.717, 1.165) is 26.3 Å². The second-order valence-corrected chi connectivity index (χ2v) is 4.21. The summed E-state index contributed by atoms with van der Waals surface area (Å²) in [4.78, 5) is 2.48. The molecule has 3 nitrogen and oxygen atoms in total. The van der Waals surface area contributed by atoms with Gasteiger partial charge in [-0.1, -0.05) is 13.8 Å². The van der Waals surface area contributed by atoms with Gasteiger partial charge in [-0.15, -0.1) is 0 Å². The molecule has 0 spiro atoms. The summed E-state index contributed by atoms with van der Waals surface area (Å²) < 4.78 is 5.40. The van der Waals surface area contributed by atoms with E-state index in [-0.39, 0.29) is 0 Å². The molecule has 0 amide bonds. The molecule has 2 unspecified atom stereocenters. The maximum atomic E-state index is 5.78. The molecule has 1 fully saturated rings. The lowest BCUT2D eigenvalue weighted by molar-refractivity contribution is -0.0293. The third kappa shape index (κ3) is 2.66. The third-order valence-electron chi connectivity index (χ3n) is 2.86. The van der Waals surface area contributed by atoms with Crippen LogP contribution in [0.1, 0.15) is 20.8 Å². The molecule has 13 heavy (non-hydrogen) atoms. The first-order chi connectivity index (χ1) is 6.16. The van der Waals surface area contributed by atoms with E-state index in [1.807, 2.05) is 0 Å². The zero-order chi connectivity index (χ0) is 9.84. The summed E-state index contributed by atoms with van der Waals surface area (Å²) in [6.45, 7) is 10.2. The number of hydrogen-bond donors (Lipinski definition) is 1. The molecule has 0 aromatic heterocycles. The third-order valence-corrected chi connectivity index (χ3v) is 2.86. The van der Waals surface area contributed by atoms with Gasteiger partial charge in [0.2, 0.25) is 0 Å². The summed E-state index contributed by atoms with van der Waals surface area (Å²) in [5.74, 6) is 0.630. The SMILES string of the molecule is CC(C)C(CN)N1CCOCC1C. The minimum Gasteiger partial charge on any atom is -0.379 e. The van der Waals surface area contributed by atoms with Gasteiger partial charge in [-0.2, -0.15) is 0 Å². The molecule has 1 aliphatic rings. The highest BCUT2D eigenvalue weighted by Crippen LogP contribution is 2.15. The van der Waals surface area contributed by atoms with Crippen LogP contribution in [0.3, 0.4) is 0 Å². The summed E-state index contributed by atoms with van der Waals surface area (Å²) in [5.41, 5.74) is 5.78. The Hall–Kier alpha value is -0.120. The Labute approximate surface area is 81.2 Å². The molecule has 2 atom stereocenters. The van der Waals surface area contributed by atoms with Crippen LogP contribution in [0.5, 0.6) is 0 Å². The standard InChI is InChI=1S/C10H22N2O/c1-8(2)10(6-11)12-4-5-13-7-9(12)3/h8-10H,4-7,11H2,1-3H3. The average molecular weight is 186 g/mol. The molecule has 0 aromatic rings. The van der Waals surface area contributed by atoms with Crippen LogP contribution in [0.4, 0.5) is 0 Å². The van der Waals surface area contributed by atoms with Gasteiger partial charge in [-0.25, -0.2) is 0 Å². The number of rotatable bonds is 3. The summed E-state index contributed by atoms with van der Waals surface area (Å²) in [6, 6.07) is 1.03. The predicted molar refractivity (Wildman–Crippen MR) is 54.7 cm³/mol. The van der Waals surface area contributed by atoms with Crippen molar-refractivity contribution in [3.05, 3.63) is 0 Å². The van der Waals surface area contributed by atoms with Crippen molar-refractivity contribution in [1.82, 2.24) is 4.90 Å². The number of hydrogen-bond acceptors (Lipinski definition) is 3. The molecule has 0 bridgehead atoms. The summed E-state index contributed by atoms with van der Waals surface area (Å²) in [7, 11) is 0. The maximum Gasteiger partial charge on any atom is 0.0619 e. The van der Waals surface area contributed by atoms with Gasteiger partial charge in [0, 0.05) is 25.2 Å². The minimum absolute atomic E-state index is 0.513. The van der Waals surface area contributed by atoms with Gasteiger partial charge < -0.3 is 10.5 Å². The molecule has 0 aromatic carbocycles. The van der Waals surface area contributed by atoms with Crippen molar-refractivity contribution in [2.75, 3.05) is 26.3 Å². The van der Waals surface area contributed by atoms with Crippen molar-refractivity contribution in [3.8, 4) is 0 Å². The second kappa shape index (κ2) is 4.94. The molecule has 0 saturated carbocycles. The van der Waals surface area contributed by atoms with Crippen LogP contribution in [0.2, 0.25) is 0 Å². The monoisotopic (exact) mass is 186 g/mol. The van der Waals surface area contributed by atoms with E-state index in [9.17, 15) is 0 Å². The topological polar surface area (TPSA) is 38.5 Å². The van der Waals surface area contributed by atoms with Crippen LogP contribution in [0, 0.1) is 5.92 Å². The quantitative estimate of drug-likeness (QED) is 0.705. The van der Waals surface area contributed by atoms with Crippen LogP contribution in [0.25, 0.3) is 0 Å². The fourth-order valence-electron chi connectivity index (χ4n) is 2.02. The van der Waals surface area contributed by atoms with E-state index < -0.39 is 0 Å². The fourth-order valence-corrected chi connectivity index (χ4v) is 2.02. The maximum absolute atomic E-state index is 5.78. The molecule has 1 aliphatic heterocycles. The highest BCUT2D eigenvalue weighted by molar-refractivity contribution is 4.81. The van der Waals surface area contributed by atoms with Gasteiger partial charge in [0.1, 0.15) is 0 Å². The average Bonchev–Trinajstić information content (AvgIpc) is 2.09. The van der Waals surface area contributed by atoms with Crippen LogP contribution >= 0.6 is 0 Å². The van der Waals surface area contributed by atoms with Gasteiger partial charge in [0.25, 0.3) is 0 Å². The lowest BCUT2D eigenvalue weighted by atomic mass is 10.0. The Morgan fingerprint density at radius 2 is 2.23 bits per heavy atom. The van der Waals surface area contributed by atoms with Crippen LogP contribution in [-0.4, -0.2) is 43.3 Å². The lowest BCUT2D eigenvalue weighted by Gasteiger charge is -2.40. The van der Waals surface area contributed by atoms with Gasteiger partial charge in [-0.3, -0.25) is 4.90 Å². The predicted octanol–water partition coefficient (Wildman–Crippen LogP) is 0.690. The van der Waals surface area contributed by atoms with Crippen molar-refractivity contribution < 1.29 is 4.74 Å². The highest BCUT2D eigenvalue weighted by atomic mass is 16.5. The van der Waals surface area contributed by atoms with E-state index in [1.54, 1.807) is 0 Å². The largest absolute Gasteiger partial charge is 0.379 e. The molecular weight excluding hydrogens is 164 g/mol. The molecule has 1 rings (SSSR count). The molecule has 2 N–H and O–H groups in total. The van der Waals surface area contributed by atoms with E-state index >= 15 is 0 Å².